The zero-order chi connectivity index (χ0) is 18.0. The zero-order valence-corrected chi connectivity index (χ0v) is 14.9. The molecule has 0 bridgehead atoms. The van der Waals surface area contributed by atoms with E-state index >= 15 is 0 Å². The summed E-state index contributed by atoms with van der Waals surface area (Å²) in [6.45, 7) is 5.72. The molecule has 1 aromatic carbocycles. The minimum Gasteiger partial charge on any atom is -0.496 e. The number of likely N-dealkylation sites (tertiary alicyclic amines) is 2. The van der Waals surface area contributed by atoms with Crippen LogP contribution in [0.15, 0.2) is 12.1 Å². The van der Waals surface area contributed by atoms with Gasteiger partial charge in [-0.3, -0.25) is 4.79 Å². The van der Waals surface area contributed by atoms with Crippen molar-refractivity contribution in [1.29, 1.82) is 0 Å². The lowest BCUT2D eigenvalue weighted by Gasteiger charge is -2.38. The Kier molecular flexibility index (Phi) is 5.57. The third kappa shape index (κ3) is 3.64. The number of carbonyl (C=O) groups is 1. The van der Waals surface area contributed by atoms with Crippen LogP contribution in [-0.2, 0) is 0 Å². The number of amides is 1. The molecule has 1 aromatic rings. The summed E-state index contributed by atoms with van der Waals surface area (Å²) in [5.74, 6) is -2.02. The Bertz CT molecular complexity index is 624. The maximum absolute atomic E-state index is 14.2. The number of nitrogens with zero attached hydrogens (tertiary/aromatic N) is 2. The highest BCUT2D eigenvalue weighted by atomic mass is 19.2. The number of piperidine rings is 1. The Morgan fingerprint density at radius 2 is 1.80 bits per heavy atom. The standard InChI is InChI=1S/C19H26F2N2O2/c1-13(22-9-3-4-10-22)14-7-11-23(12-8-14)19(24)17-16(25-2)6-5-15(20)18(17)21/h5-6,13-14H,3-4,7-12H2,1-2H3/t13-/m0/s1. The van der Waals surface area contributed by atoms with Crippen molar-refractivity contribution in [2.24, 2.45) is 5.92 Å². The minimum atomic E-state index is -1.13. The van der Waals surface area contributed by atoms with E-state index in [1.165, 1.54) is 26.0 Å². The topological polar surface area (TPSA) is 32.8 Å². The summed E-state index contributed by atoms with van der Waals surface area (Å²) in [4.78, 5) is 16.9. The van der Waals surface area contributed by atoms with Gasteiger partial charge in [0, 0.05) is 19.1 Å². The van der Waals surface area contributed by atoms with Crippen molar-refractivity contribution in [1.82, 2.24) is 9.80 Å². The molecule has 0 radical (unpaired) electrons. The van der Waals surface area contributed by atoms with Crippen LogP contribution >= 0.6 is 0 Å². The molecule has 2 saturated heterocycles. The monoisotopic (exact) mass is 352 g/mol. The molecule has 0 saturated carbocycles. The molecule has 2 fully saturated rings. The van der Waals surface area contributed by atoms with Crippen molar-refractivity contribution in [2.45, 2.75) is 38.6 Å². The van der Waals surface area contributed by atoms with Gasteiger partial charge in [-0.2, -0.15) is 0 Å². The summed E-state index contributed by atoms with van der Waals surface area (Å²) in [7, 11) is 1.35. The van der Waals surface area contributed by atoms with Gasteiger partial charge < -0.3 is 14.5 Å². The molecule has 0 N–H and O–H groups in total. The molecule has 6 heteroatoms. The van der Waals surface area contributed by atoms with E-state index < -0.39 is 17.5 Å². The fourth-order valence-electron chi connectivity index (χ4n) is 4.09. The highest BCUT2D eigenvalue weighted by molar-refractivity contribution is 5.97. The smallest absolute Gasteiger partial charge is 0.260 e. The quantitative estimate of drug-likeness (QED) is 0.833. The van der Waals surface area contributed by atoms with Gasteiger partial charge in [-0.1, -0.05) is 0 Å². The first kappa shape index (κ1) is 18.1. The van der Waals surface area contributed by atoms with Crippen LogP contribution in [0.5, 0.6) is 5.75 Å². The molecule has 4 nitrogen and oxygen atoms in total. The van der Waals surface area contributed by atoms with Crippen molar-refractivity contribution < 1.29 is 18.3 Å². The Morgan fingerprint density at radius 3 is 2.40 bits per heavy atom. The summed E-state index contributed by atoms with van der Waals surface area (Å²) in [6, 6.07) is 2.79. The number of benzene rings is 1. The summed E-state index contributed by atoms with van der Waals surface area (Å²) in [6.07, 6.45) is 4.31. The van der Waals surface area contributed by atoms with Crippen molar-refractivity contribution in [3.8, 4) is 5.75 Å². The lowest BCUT2D eigenvalue weighted by Crippen LogP contribution is -2.45. The van der Waals surface area contributed by atoms with Gasteiger partial charge in [-0.15, -0.1) is 0 Å². The van der Waals surface area contributed by atoms with Gasteiger partial charge in [-0.05, 0) is 63.7 Å². The average molecular weight is 352 g/mol. The van der Waals surface area contributed by atoms with Gasteiger partial charge in [-0.25, -0.2) is 8.78 Å². The lowest BCUT2D eigenvalue weighted by molar-refractivity contribution is 0.0615. The van der Waals surface area contributed by atoms with Gasteiger partial charge in [0.1, 0.15) is 11.3 Å². The lowest BCUT2D eigenvalue weighted by atomic mass is 9.89. The Morgan fingerprint density at radius 1 is 1.16 bits per heavy atom. The van der Waals surface area contributed by atoms with Crippen LogP contribution in [0.4, 0.5) is 8.78 Å². The van der Waals surface area contributed by atoms with Crippen LogP contribution in [0.3, 0.4) is 0 Å². The summed E-state index contributed by atoms with van der Waals surface area (Å²) < 4.78 is 32.8. The fraction of sp³-hybridized carbons (Fsp3) is 0.632. The average Bonchev–Trinajstić information content (AvgIpc) is 3.17. The third-order valence-corrected chi connectivity index (χ3v) is 5.72. The molecule has 2 aliphatic rings. The highest BCUT2D eigenvalue weighted by Gasteiger charge is 2.32. The van der Waals surface area contributed by atoms with Crippen LogP contribution in [-0.4, -0.2) is 55.0 Å². The van der Waals surface area contributed by atoms with E-state index in [-0.39, 0.29) is 11.3 Å². The zero-order valence-electron chi connectivity index (χ0n) is 14.9. The molecule has 2 heterocycles. The number of ether oxygens (including phenoxy) is 1. The molecule has 3 rings (SSSR count). The summed E-state index contributed by atoms with van der Waals surface area (Å²) in [5, 5.41) is 0. The van der Waals surface area contributed by atoms with Crippen LogP contribution in [0, 0.1) is 17.6 Å². The van der Waals surface area contributed by atoms with Crippen LogP contribution in [0.2, 0.25) is 0 Å². The van der Waals surface area contributed by atoms with Crippen molar-refractivity contribution in [3.05, 3.63) is 29.3 Å². The Balaban J connectivity index is 1.67. The van der Waals surface area contributed by atoms with E-state index in [0.717, 1.165) is 32.0 Å². The van der Waals surface area contributed by atoms with E-state index in [2.05, 4.69) is 11.8 Å². The van der Waals surface area contributed by atoms with Crippen molar-refractivity contribution >= 4 is 5.91 Å². The second-order valence-corrected chi connectivity index (χ2v) is 7.05. The van der Waals surface area contributed by atoms with Crippen LogP contribution in [0.1, 0.15) is 43.0 Å². The Labute approximate surface area is 147 Å². The van der Waals surface area contributed by atoms with E-state index in [1.54, 1.807) is 4.90 Å². The van der Waals surface area contributed by atoms with Gasteiger partial charge >= 0.3 is 0 Å². The third-order valence-electron chi connectivity index (χ3n) is 5.72. The van der Waals surface area contributed by atoms with Gasteiger partial charge in [0.05, 0.1) is 7.11 Å². The molecule has 1 amide bonds. The second kappa shape index (κ2) is 7.68. The maximum atomic E-state index is 14.2. The minimum absolute atomic E-state index is 0.0801. The van der Waals surface area contributed by atoms with E-state index in [1.807, 2.05) is 0 Å². The van der Waals surface area contributed by atoms with Gasteiger partial charge in [0.15, 0.2) is 11.6 Å². The Hall–Kier alpha value is -1.69. The predicted octanol–water partition coefficient (Wildman–Crippen LogP) is 3.31. The van der Waals surface area contributed by atoms with E-state index in [0.29, 0.717) is 25.0 Å². The molecule has 2 aliphatic heterocycles. The van der Waals surface area contributed by atoms with E-state index in [9.17, 15) is 13.6 Å². The number of carbonyl (C=O) groups excluding carboxylic acids is 1. The molecule has 0 aromatic heterocycles. The van der Waals surface area contributed by atoms with Gasteiger partial charge in [0.2, 0.25) is 0 Å². The molecule has 0 unspecified atom stereocenters. The first-order chi connectivity index (χ1) is 12.0. The predicted molar refractivity (Wildman–Crippen MR) is 91.8 cm³/mol. The molecular formula is C19H26F2N2O2. The normalized spacial score (nSPS) is 20.7. The van der Waals surface area contributed by atoms with Crippen molar-refractivity contribution in [2.75, 3.05) is 33.3 Å². The van der Waals surface area contributed by atoms with Gasteiger partial charge in [0.25, 0.3) is 5.91 Å². The first-order valence-electron chi connectivity index (χ1n) is 9.08. The number of hydrogen-bond donors (Lipinski definition) is 0. The van der Waals surface area contributed by atoms with Crippen LogP contribution < -0.4 is 4.74 Å². The molecule has 1 atom stereocenters. The highest BCUT2D eigenvalue weighted by Crippen LogP contribution is 2.30. The molecule has 138 valence electrons. The SMILES string of the molecule is COc1ccc(F)c(F)c1C(=O)N1CCC([C@H](C)N2CCCC2)CC1. The fourth-order valence-corrected chi connectivity index (χ4v) is 4.09. The maximum Gasteiger partial charge on any atom is 0.260 e. The molecule has 0 spiro atoms. The molecular weight excluding hydrogens is 326 g/mol. The van der Waals surface area contributed by atoms with Crippen molar-refractivity contribution in [3.63, 3.8) is 0 Å². The summed E-state index contributed by atoms with van der Waals surface area (Å²) >= 11 is 0. The van der Waals surface area contributed by atoms with Crippen LogP contribution in [0.25, 0.3) is 0 Å². The molecule has 25 heavy (non-hydrogen) atoms. The van der Waals surface area contributed by atoms with E-state index in [4.69, 9.17) is 4.74 Å². The number of rotatable bonds is 4. The number of halogens is 2. The summed E-state index contributed by atoms with van der Waals surface area (Å²) in [5.41, 5.74) is -0.298. The first-order valence-corrected chi connectivity index (χ1v) is 9.08. The number of methoxy groups -OCH3 is 1. The second-order valence-electron chi connectivity index (χ2n) is 7.05. The number of hydrogen-bond acceptors (Lipinski definition) is 3. The largest absolute Gasteiger partial charge is 0.496 e. The molecule has 0 aliphatic carbocycles.